The average Bonchev–Trinajstić information content (AvgIpc) is 2.36. The third-order valence-electron chi connectivity index (χ3n) is 2.94. The number of hydrogen-bond donors (Lipinski definition) is 1. The predicted octanol–water partition coefficient (Wildman–Crippen LogP) is 2.00. The number of nitrogens with zero attached hydrogens (tertiary/aromatic N) is 1. The van der Waals surface area contributed by atoms with Gasteiger partial charge in [0.15, 0.2) is 0 Å². The lowest BCUT2D eigenvalue weighted by atomic mass is 10.1. The summed E-state index contributed by atoms with van der Waals surface area (Å²) in [6.45, 7) is 1.89. The molecule has 1 amide bonds. The Kier molecular flexibility index (Phi) is 5.48. The van der Waals surface area contributed by atoms with Crippen LogP contribution >= 0.6 is 0 Å². The number of halogens is 1. The first-order valence-electron chi connectivity index (χ1n) is 6.11. The van der Waals surface area contributed by atoms with Crippen LogP contribution in [-0.4, -0.2) is 35.5 Å². The summed E-state index contributed by atoms with van der Waals surface area (Å²) in [4.78, 5) is 23.5. The zero-order chi connectivity index (χ0) is 14.4. The number of carbonyl (C=O) groups excluding carboxylic acids is 1. The van der Waals surface area contributed by atoms with E-state index in [-0.39, 0.29) is 24.7 Å². The molecule has 1 N–H and O–H groups in total. The van der Waals surface area contributed by atoms with Gasteiger partial charge in [0.1, 0.15) is 5.82 Å². The van der Waals surface area contributed by atoms with E-state index >= 15 is 0 Å². The average molecular weight is 267 g/mol. The maximum Gasteiger partial charge on any atom is 0.305 e. The Balaban J connectivity index is 2.44. The fourth-order valence-corrected chi connectivity index (χ4v) is 1.69. The fourth-order valence-electron chi connectivity index (χ4n) is 1.69. The van der Waals surface area contributed by atoms with Crippen molar-refractivity contribution >= 4 is 11.9 Å². The highest BCUT2D eigenvalue weighted by molar-refractivity contribution is 5.77. The number of carboxylic acids is 1. The summed E-state index contributed by atoms with van der Waals surface area (Å²) in [6.07, 6.45) is 0.760. The molecular formula is C14H18FNO3. The number of rotatable bonds is 6. The SMILES string of the molecule is Cc1cc(CCC(=O)N(C)CCC(=O)O)ccc1F. The zero-order valence-electron chi connectivity index (χ0n) is 11.1. The lowest BCUT2D eigenvalue weighted by Gasteiger charge is -2.16. The molecule has 5 heteroatoms. The molecule has 0 saturated carbocycles. The molecule has 0 heterocycles. The van der Waals surface area contributed by atoms with Gasteiger partial charge in [0.2, 0.25) is 5.91 Å². The molecule has 1 aromatic carbocycles. The summed E-state index contributed by atoms with van der Waals surface area (Å²) >= 11 is 0. The molecule has 4 nitrogen and oxygen atoms in total. The van der Waals surface area contributed by atoms with E-state index in [9.17, 15) is 14.0 Å². The third kappa shape index (κ3) is 5.07. The Morgan fingerprint density at radius 3 is 2.58 bits per heavy atom. The van der Waals surface area contributed by atoms with Crippen LogP contribution in [0.15, 0.2) is 18.2 Å². The largest absolute Gasteiger partial charge is 0.481 e. The molecule has 0 spiro atoms. The molecule has 0 aliphatic heterocycles. The van der Waals surface area contributed by atoms with E-state index in [1.165, 1.54) is 11.0 Å². The van der Waals surface area contributed by atoms with E-state index in [0.29, 0.717) is 18.4 Å². The van der Waals surface area contributed by atoms with E-state index in [1.54, 1.807) is 26.1 Å². The van der Waals surface area contributed by atoms with Crippen molar-refractivity contribution < 1.29 is 19.1 Å². The minimum Gasteiger partial charge on any atom is -0.481 e. The summed E-state index contributed by atoms with van der Waals surface area (Å²) in [5.74, 6) is -1.29. The molecule has 0 aliphatic carbocycles. The van der Waals surface area contributed by atoms with Gasteiger partial charge in [-0.05, 0) is 30.5 Å². The number of aliphatic carboxylic acids is 1. The van der Waals surface area contributed by atoms with E-state index < -0.39 is 5.97 Å². The normalized spacial score (nSPS) is 10.3. The van der Waals surface area contributed by atoms with Crippen molar-refractivity contribution in [3.05, 3.63) is 35.1 Å². The molecule has 0 bridgehead atoms. The zero-order valence-corrected chi connectivity index (χ0v) is 11.1. The summed E-state index contributed by atoms with van der Waals surface area (Å²) in [6, 6.07) is 4.77. The number of amides is 1. The monoisotopic (exact) mass is 267 g/mol. The van der Waals surface area contributed by atoms with Crippen LogP contribution in [0, 0.1) is 12.7 Å². The van der Waals surface area contributed by atoms with E-state index in [1.807, 2.05) is 0 Å². The first kappa shape index (κ1) is 15.1. The van der Waals surface area contributed by atoms with Crippen LogP contribution < -0.4 is 0 Å². The molecule has 0 aromatic heterocycles. The van der Waals surface area contributed by atoms with Crippen molar-refractivity contribution in [2.45, 2.75) is 26.2 Å². The second-order valence-electron chi connectivity index (χ2n) is 4.54. The fraction of sp³-hybridized carbons (Fsp3) is 0.429. The van der Waals surface area contributed by atoms with Crippen LogP contribution in [0.2, 0.25) is 0 Å². The van der Waals surface area contributed by atoms with Crippen molar-refractivity contribution in [2.24, 2.45) is 0 Å². The molecule has 0 saturated heterocycles. The van der Waals surface area contributed by atoms with Gasteiger partial charge in [-0.2, -0.15) is 0 Å². The van der Waals surface area contributed by atoms with Crippen LogP contribution in [0.5, 0.6) is 0 Å². The minimum atomic E-state index is -0.922. The molecule has 0 unspecified atom stereocenters. The molecule has 19 heavy (non-hydrogen) atoms. The minimum absolute atomic E-state index is 0.0576. The molecule has 104 valence electrons. The number of carbonyl (C=O) groups is 2. The van der Waals surface area contributed by atoms with Crippen molar-refractivity contribution in [2.75, 3.05) is 13.6 Å². The molecule has 1 rings (SSSR count). The molecule has 0 aliphatic rings. The Hall–Kier alpha value is -1.91. The van der Waals surface area contributed by atoms with Crippen molar-refractivity contribution in [1.29, 1.82) is 0 Å². The van der Waals surface area contributed by atoms with Gasteiger partial charge in [-0.1, -0.05) is 12.1 Å². The third-order valence-corrected chi connectivity index (χ3v) is 2.94. The Bertz CT molecular complexity index is 474. The van der Waals surface area contributed by atoms with E-state index in [0.717, 1.165) is 5.56 Å². The van der Waals surface area contributed by atoms with Crippen LogP contribution in [0.1, 0.15) is 24.0 Å². The molecule has 0 atom stereocenters. The van der Waals surface area contributed by atoms with Crippen LogP contribution in [0.3, 0.4) is 0 Å². The van der Waals surface area contributed by atoms with Crippen molar-refractivity contribution in [3.63, 3.8) is 0 Å². The van der Waals surface area contributed by atoms with Crippen LogP contribution in [0.25, 0.3) is 0 Å². The second-order valence-corrected chi connectivity index (χ2v) is 4.54. The topological polar surface area (TPSA) is 57.6 Å². The summed E-state index contributed by atoms with van der Waals surface area (Å²) < 4.78 is 13.1. The first-order valence-corrected chi connectivity index (χ1v) is 6.11. The molecular weight excluding hydrogens is 249 g/mol. The Morgan fingerprint density at radius 2 is 2.00 bits per heavy atom. The quantitative estimate of drug-likeness (QED) is 0.857. The van der Waals surface area contributed by atoms with Gasteiger partial charge in [-0.3, -0.25) is 9.59 Å². The van der Waals surface area contributed by atoms with Crippen molar-refractivity contribution in [3.8, 4) is 0 Å². The van der Waals surface area contributed by atoms with Gasteiger partial charge in [0.05, 0.1) is 6.42 Å². The first-order chi connectivity index (χ1) is 8.90. The number of carboxylic acid groups (broad SMARTS) is 1. The van der Waals surface area contributed by atoms with Gasteiger partial charge in [-0.25, -0.2) is 4.39 Å². The highest BCUT2D eigenvalue weighted by Gasteiger charge is 2.10. The Morgan fingerprint density at radius 1 is 1.32 bits per heavy atom. The summed E-state index contributed by atoms with van der Waals surface area (Å²) in [7, 11) is 1.58. The lowest BCUT2D eigenvalue weighted by Crippen LogP contribution is -2.29. The van der Waals surface area contributed by atoms with Gasteiger partial charge in [0.25, 0.3) is 0 Å². The summed E-state index contributed by atoms with van der Waals surface area (Å²) in [5.41, 5.74) is 1.46. The Labute approximate surface area is 111 Å². The van der Waals surface area contributed by atoms with E-state index in [2.05, 4.69) is 0 Å². The standard InChI is InChI=1S/C14H18FNO3/c1-10-9-11(3-5-12(10)15)4-6-13(17)16(2)8-7-14(18)19/h3,5,9H,4,6-8H2,1-2H3,(H,18,19). The molecule has 1 aromatic rings. The second kappa shape index (κ2) is 6.87. The van der Waals surface area contributed by atoms with Gasteiger partial charge in [0, 0.05) is 20.0 Å². The van der Waals surface area contributed by atoms with E-state index in [4.69, 9.17) is 5.11 Å². The maximum atomic E-state index is 13.1. The van der Waals surface area contributed by atoms with Gasteiger partial charge >= 0.3 is 5.97 Å². The maximum absolute atomic E-state index is 13.1. The van der Waals surface area contributed by atoms with Crippen molar-refractivity contribution in [1.82, 2.24) is 4.90 Å². The molecule has 0 fully saturated rings. The highest BCUT2D eigenvalue weighted by Crippen LogP contribution is 2.11. The lowest BCUT2D eigenvalue weighted by molar-refractivity contribution is -0.138. The predicted molar refractivity (Wildman–Crippen MR) is 69.3 cm³/mol. The van der Waals surface area contributed by atoms with Crippen LogP contribution in [-0.2, 0) is 16.0 Å². The number of benzene rings is 1. The van der Waals surface area contributed by atoms with Gasteiger partial charge in [-0.15, -0.1) is 0 Å². The van der Waals surface area contributed by atoms with Crippen LogP contribution in [0.4, 0.5) is 4.39 Å². The van der Waals surface area contributed by atoms with Gasteiger partial charge < -0.3 is 10.0 Å². The summed E-state index contributed by atoms with van der Waals surface area (Å²) in [5, 5.41) is 8.54. The number of hydrogen-bond acceptors (Lipinski definition) is 2. The molecule has 0 radical (unpaired) electrons. The highest BCUT2D eigenvalue weighted by atomic mass is 19.1. The smallest absolute Gasteiger partial charge is 0.305 e. The number of aryl methyl sites for hydroxylation is 2.